The number of rotatable bonds is 56. The molecule has 6 atom stereocenters. The van der Waals surface area contributed by atoms with Crippen LogP contribution in [-0.4, -0.2) is 170 Å². The molecule has 0 aromatic heterocycles. The quantitative estimate of drug-likeness (QED) is 0.0237. The lowest BCUT2D eigenvalue weighted by molar-refractivity contribution is -0.283. The summed E-state index contributed by atoms with van der Waals surface area (Å²) in [6, 6.07) is 0. The summed E-state index contributed by atoms with van der Waals surface area (Å²) < 4.78 is 56.0. The van der Waals surface area contributed by atoms with Gasteiger partial charge in [-0.25, -0.2) is 39.1 Å². The molecule has 83 heavy (non-hydrogen) atoms. The van der Waals surface area contributed by atoms with Crippen molar-refractivity contribution in [3.63, 3.8) is 0 Å². The highest BCUT2D eigenvalue weighted by atomic mass is 17.2. The van der Waals surface area contributed by atoms with E-state index in [1.165, 1.54) is 28.4 Å². The largest absolute Gasteiger partial charge is 0.465 e. The van der Waals surface area contributed by atoms with Gasteiger partial charge >= 0.3 is 35.8 Å². The van der Waals surface area contributed by atoms with Gasteiger partial charge < -0.3 is 42.6 Å². The van der Waals surface area contributed by atoms with Crippen LogP contribution in [0.1, 0.15) is 172 Å². The highest BCUT2D eigenvalue weighted by Gasteiger charge is 2.43. The first-order valence-electron chi connectivity index (χ1n) is 30.0. The number of carbonyl (C=O) groups excluding carboxylic acids is 6. The van der Waals surface area contributed by atoms with Gasteiger partial charge in [0.15, 0.2) is 0 Å². The van der Waals surface area contributed by atoms with E-state index >= 15 is 0 Å². The Morgan fingerprint density at radius 2 is 0.458 bits per heavy atom. The number of carbonyl (C=O) groups is 6. The van der Waals surface area contributed by atoms with Crippen LogP contribution in [0.2, 0.25) is 0 Å². The minimum Gasteiger partial charge on any atom is -0.465 e. The lowest BCUT2D eigenvalue weighted by Crippen LogP contribution is -2.47. The van der Waals surface area contributed by atoms with E-state index in [0.29, 0.717) is 57.8 Å². The van der Waals surface area contributed by atoms with Crippen LogP contribution in [0.5, 0.6) is 0 Å². The van der Waals surface area contributed by atoms with Gasteiger partial charge in [0.2, 0.25) is 0 Å². The van der Waals surface area contributed by atoms with E-state index in [1.807, 2.05) is 69.2 Å². The third kappa shape index (κ3) is 37.5. The summed E-state index contributed by atoms with van der Waals surface area (Å²) in [4.78, 5) is 120. The summed E-state index contributed by atoms with van der Waals surface area (Å²) in [6.07, 6.45) is 5.67. The first-order chi connectivity index (χ1) is 39.7. The van der Waals surface area contributed by atoms with Crippen LogP contribution in [0.4, 0.5) is 0 Å². The first-order valence-corrected chi connectivity index (χ1v) is 30.0. The fourth-order valence-corrected chi connectivity index (χ4v) is 9.65. The molecule has 0 amide bonds. The fourth-order valence-electron chi connectivity index (χ4n) is 9.65. The van der Waals surface area contributed by atoms with Gasteiger partial charge in [-0.15, -0.1) is 0 Å². The predicted molar refractivity (Wildman–Crippen MR) is 304 cm³/mol. The molecule has 0 aliphatic rings. The highest BCUT2D eigenvalue weighted by Crippen LogP contribution is 2.39. The van der Waals surface area contributed by atoms with Gasteiger partial charge in [-0.05, 0) is 87.9 Å². The second-order valence-electron chi connectivity index (χ2n) is 23.0. The Hall–Kier alpha value is -3.62. The predicted octanol–water partition coefficient (Wildman–Crippen LogP) is 9.46. The van der Waals surface area contributed by atoms with Crippen LogP contribution < -0.4 is 0 Å². The molecule has 0 heterocycles. The average molecular weight is 1200 g/mol. The van der Waals surface area contributed by atoms with E-state index in [0.717, 1.165) is 0 Å². The third-order valence-corrected chi connectivity index (χ3v) is 13.4. The molecule has 0 aromatic rings. The molecule has 0 saturated heterocycles. The van der Waals surface area contributed by atoms with Gasteiger partial charge in [0.1, 0.15) is 33.0 Å². The smallest absolute Gasteiger partial charge is 0.305 e. The standard InChI is InChI=1S/C60H110O23/c1-15-21-51(61)74-41-57(27-47(7)31-80-67-11,28-48(8)32-81-68-12)35-71-36-58(29-49(9)33-82-69-13,42-75-52(62)22-16-2)37-72-38-59(30-50(10)34-83-70-14,43-76-53(63)23-17-3)39-73-40-60(44-77-54(64)24-18-4,45-78-55(65)25-19-5)46-79-56(66)26-20-6/h47-50H,15-46H2,1-14H3. The van der Waals surface area contributed by atoms with Gasteiger partial charge in [0.25, 0.3) is 0 Å². The summed E-state index contributed by atoms with van der Waals surface area (Å²) in [5.41, 5.74) is -4.40. The van der Waals surface area contributed by atoms with Gasteiger partial charge in [-0.2, -0.15) is 0 Å². The summed E-state index contributed by atoms with van der Waals surface area (Å²) in [7, 11) is 5.69. The Bertz CT molecular complexity index is 1650. The summed E-state index contributed by atoms with van der Waals surface area (Å²) >= 11 is 0. The number of esters is 6. The van der Waals surface area contributed by atoms with E-state index < -0.39 is 51.5 Å². The summed E-state index contributed by atoms with van der Waals surface area (Å²) in [5.74, 6) is -3.39. The Morgan fingerprint density at radius 3 is 0.675 bits per heavy atom. The molecule has 0 bridgehead atoms. The zero-order valence-corrected chi connectivity index (χ0v) is 53.3. The minimum absolute atomic E-state index is 0.0165. The van der Waals surface area contributed by atoms with Crippen molar-refractivity contribution in [1.82, 2.24) is 0 Å². The van der Waals surface area contributed by atoms with E-state index in [2.05, 4.69) is 0 Å². The minimum atomic E-state index is -1.37. The maximum Gasteiger partial charge on any atom is 0.305 e. The fraction of sp³-hybridized carbons (Fsp3) is 0.900. The second kappa shape index (κ2) is 47.5. The SMILES string of the molecule is CCCC(=O)OCC(COCC(COCC(COCC(COC(=O)CCC)(CC(C)COOC)CC(C)COOC)(COC(=O)CCC)CC(C)COOC)(COC(=O)CCC)CC(C)COOC)(COC(=O)CCC)COC(=O)CCC. The first kappa shape index (κ1) is 79.4. The molecule has 0 aromatic carbocycles. The monoisotopic (exact) mass is 1200 g/mol. The Labute approximate surface area is 496 Å². The number of hydrogen-bond donors (Lipinski definition) is 0. The van der Waals surface area contributed by atoms with E-state index in [-0.39, 0.29) is 180 Å². The number of hydrogen-bond acceptors (Lipinski definition) is 23. The van der Waals surface area contributed by atoms with Crippen molar-refractivity contribution in [2.75, 3.05) is 134 Å². The van der Waals surface area contributed by atoms with Crippen LogP contribution in [-0.2, 0) is 110 Å². The maximum atomic E-state index is 13.4. The van der Waals surface area contributed by atoms with Crippen molar-refractivity contribution >= 4 is 35.8 Å². The molecule has 23 heteroatoms. The van der Waals surface area contributed by atoms with Crippen LogP contribution in [0, 0.1) is 45.3 Å². The van der Waals surface area contributed by atoms with Crippen molar-refractivity contribution < 1.29 is 110 Å². The molecule has 0 rings (SSSR count). The topological polar surface area (TPSA) is 259 Å². The highest BCUT2D eigenvalue weighted by molar-refractivity contribution is 5.71. The van der Waals surface area contributed by atoms with Crippen LogP contribution >= 0.6 is 0 Å². The third-order valence-electron chi connectivity index (χ3n) is 13.4. The molecule has 0 fully saturated rings. The molecule has 0 saturated carbocycles. The molecular formula is C60H110O23. The molecule has 0 aliphatic heterocycles. The Balaban J connectivity index is 8.08. The van der Waals surface area contributed by atoms with E-state index in [4.69, 9.17) is 81.7 Å². The van der Waals surface area contributed by atoms with E-state index in [1.54, 1.807) is 0 Å². The number of ether oxygens (including phenoxy) is 9. The lowest BCUT2D eigenvalue weighted by atomic mass is 9.74. The van der Waals surface area contributed by atoms with Crippen LogP contribution in [0.15, 0.2) is 0 Å². The van der Waals surface area contributed by atoms with Crippen LogP contribution in [0.3, 0.4) is 0 Å². The normalized spacial score (nSPS) is 15.4. The van der Waals surface area contributed by atoms with Crippen molar-refractivity contribution in [3.05, 3.63) is 0 Å². The zero-order chi connectivity index (χ0) is 62.4. The molecule has 0 radical (unpaired) electrons. The van der Waals surface area contributed by atoms with Gasteiger partial charge in [0, 0.05) is 43.9 Å². The summed E-state index contributed by atoms with van der Waals surface area (Å²) in [6.45, 7) is 18.0. The molecule has 0 spiro atoms. The van der Waals surface area contributed by atoms with E-state index in [9.17, 15) is 28.8 Å². The van der Waals surface area contributed by atoms with Crippen molar-refractivity contribution in [1.29, 1.82) is 0 Å². The molecule has 6 unspecified atom stereocenters. The lowest BCUT2D eigenvalue weighted by Gasteiger charge is -2.41. The maximum absolute atomic E-state index is 13.4. The molecule has 23 nitrogen and oxygen atoms in total. The Morgan fingerprint density at radius 1 is 0.277 bits per heavy atom. The Kier molecular flexibility index (Phi) is 45.4. The van der Waals surface area contributed by atoms with Gasteiger partial charge in [0.05, 0.1) is 117 Å². The molecule has 0 aliphatic carbocycles. The average Bonchev–Trinajstić information content (AvgIpc) is 3.44. The molecule has 488 valence electrons. The summed E-state index contributed by atoms with van der Waals surface area (Å²) in [5, 5.41) is 0. The van der Waals surface area contributed by atoms with Gasteiger partial charge in [-0.3, -0.25) is 28.8 Å². The van der Waals surface area contributed by atoms with Crippen molar-refractivity contribution in [2.45, 2.75) is 172 Å². The van der Waals surface area contributed by atoms with Gasteiger partial charge in [-0.1, -0.05) is 69.2 Å². The zero-order valence-electron chi connectivity index (χ0n) is 53.3. The van der Waals surface area contributed by atoms with Crippen molar-refractivity contribution in [2.24, 2.45) is 45.3 Å². The molecule has 0 N–H and O–H groups in total. The van der Waals surface area contributed by atoms with Crippen molar-refractivity contribution in [3.8, 4) is 0 Å². The second-order valence-corrected chi connectivity index (χ2v) is 23.0. The molecular weight excluding hydrogens is 1090 g/mol. The van der Waals surface area contributed by atoms with Crippen LogP contribution in [0.25, 0.3) is 0 Å².